The van der Waals surface area contributed by atoms with E-state index in [2.05, 4.69) is 9.97 Å². The Morgan fingerprint density at radius 1 is 1.04 bits per heavy atom. The molecule has 0 saturated heterocycles. The number of benzene rings is 1. The highest BCUT2D eigenvalue weighted by Gasteiger charge is 2.20. The lowest BCUT2D eigenvalue weighted by molar-refractivity contribution is 0.318. The van der Waals surface area contributed by atoms with Crippen LogP contribution in [0.5, 0.6) is 23.3 Å². The summed E-state index contributed by atoms with van der Waals surface area (Å²) < 4.78 is 33.1. The monoisotopic (exact) mass is 340 g/mol. The molecule has 1 aromatic carbocycles. The van der Waals surface area contributed by atoms with E-state index in [1.54, 1.807) is 6.07 Å². The van der Waals surface area contributed by atoms with Gasteiger partial charge in [0.25, 0.3) is 11.8 Å². The maximum atomic E-state index is 11.3. The Kier molecular flexibility index (Phi) is 6.04. The Bertz CT molecular complexity index is 708. The van der Waals surface area contributed by atoms with Crippen LogP contribution >= 0.6 is 8.46 Å². The Morgan fingerprint density at radius 2 is 1.70 bits per heavy atom. The quantitative estimate of drug-likeness (QED) is 0.684. The van der Waals surface area contributed by atoms with Crippen molar-refractivity contribution in [1.82, 2.24) is 9.97 Å². The normalized spacial score (nSPS) is 11.1. The second-order valence-corrected chi connectivity index (χ2v) is 5.27. The molecule has 2 rings (SSSR count). The summed E-state index contributed by atoms with van der Waals surface area (Å²) in [6.45, 7) is 4.70. The molecule has 0 spiro atoms. The molecule has 0 saturated carbocycles. The molecule has 0 aliphatic carbocycles. The minimum atomic E-state index is -0.990. The van der Waals surface area contributed by atoms with Gasteiger partial charge in [-0.15, -0.1) is 0 Å². The molecule has 1 atom stereocenters. The van der Waals surface area contributed by atoms with Crippen LogP contribution in [0.15, 0.2) is 6.07 Å². The number of aromatic nitrogens is 2. The van der Waals surface area contributed by atoms with Crippen molar-refractivity contribution in [3.63, 3.8) is 0 Å². The minimum absolute atomic E-state index is 0.269. The molecule has 1 aromatic heterocycles. The van der Waals surface area contributed by atoms with Gasteiger partial charge in [0.05, 0.1) is 35.9 Å². The molecule has 0 aliphatic rings. The number of nitrogens with zero attached hydrogens (tertiary/aromatic N) is 2. The number of hydrogen-bond acceptors (Lipinski definition) is 7. The number of hydrogen-bond donors (Lipinski definition) is 0. The molecule has 126 valence electrons. The highest BCUT2D eigenvalue weighted by atomic mass is 31.1. The molecule has 1 heterocycles. The van der Waals surface area contributed by atoms with E-state index >= 15 is 0 Å². The topological polar surface area (TPSA) is 79.8 Å². The van der Waals surface area contributed by atoms with Crippen molar-refractivity contribution in [1.29, 1.82) is 0 Å². The number of methoxy groups -OCH3 is 2. The fourth-order valence-electron chi connectivity index (χ4n) is 2.28. The maximum Gasteiger partial charge on any atom is 0.278 e. The predicted molar refractivity (Wildman–Crippen MR) is 89.1 cm³/mol. The molecule has 0 amide bonds. The molecule has 0 radical (unpaired) electrons. The SMILES string of the molecule is CCOc1cc2nc(OC)c(OC)nc2c(OCC)c1C[PH2]=O. The van der Waals surface area contributed by atoms with Crippen molar-refractivity contribution in [2.45, 2.75) is 20.0 Å². The Hall–Kier alpha value is -2.01. The summed E-state index contributed by atoms with van der Waals surface area (Å²) >= 11 is 0. The zero-order valence-corrected chi connectivity index (χ0v) is 14.9. The van der Waals surface area contributed by atoms with E-state index in [9.17, 15) is 4.57 Å². The zero-order valence-electron chi connectivity index (χ0n) is 13.7. The Morgan fingerprint density at radius 3 is 2.26 bits per heavy atom. The first-order valence-electron chi connectivity index (χ1n) is 7.34. The first-order valence-corrected chi connectivity index (χ1v) is 8.63. The molecule has 7 nitrogen and oxygen atoms in total. The third-order valence-corrected chi connectivity index (χ3v) is 3.75. The highest BCUT2D eigenvalue weighted by molar-refractivity contribution is 7.22. The summed E-state index contributed by atoms with van der Waals surface area (Å²) in [7, 11) is 2.01. The van der Waals surface area contributed by atoms with Crippen molar-refractivity contribution >= 4 is 19.5 Å². The van der Waals surface area contributed by atoms with Gasteiger partial charge in [-0.1, -0.05) is 0 Å². The molecule has 0 bridgehead atoms. The van der Waals surface area contributed by atoms with Crippen LogP contribution < -0.4 is 18.9 Å². The summed E-state index contributed by atoms with van der Waals surface area (Å²) in [6.07, 6.45) is 0.372. The summed E-state index contributed by atoms with van der Waals surface area (Å²) in [6, 6.07) is 1.76. The molecule has 2 aromatic rings. The van der Waals surface area contributed by atoms with Gasteiger partial charge in [0, 0.05) is 17.8 Å². The highest BCUT2D eigenvalue weighted by Crippen LogP contribution is 2.40. The van der Waals surface area contributed by atoms with Crippen LogP contribution in [0.2, 0.25) is 0 Å². The van der Waals surface area contributed by atoms with E-state index in [-0.39, 0.29) is 11.8 Å². The second kappa shape index (κ2) is 8.02. The van der Waals surface area contributed by atoms with E-state index in [1.165, 1.54) is 14.2 Å². The van der Waals surface area contributed by atoms with Crippen LogP contribution in [0.25, 0.3) is 11.0 Å². The van der Waals surface area contributed by atoms with E-state index in [1.807, 2.05) is 13.8 Å². The molecular weight excluding hydrogens is 319 g/mol. The first kappa shape index (κ1) is 17.3. The van der Waals surface area contributed by atoms with Crippen LogP contribution in [-0.4, -0.2) is 37.4 Å². The van der Waals surface area contributed by atoms with Crippen molar-refractivity contribution in [2.75, 3.05) is 27.4 Å². The van der Waals surface area contributed by atoms with Crippen LogP contribution in [0.4, 0.5) is 0 Å². The van der Waals surface area contributed by atoms with Crippen molar-refractivity contribution in [2.24, 2.45) is 0 Å². The van der Waals surface area contributed by atoms with Gasteiger partial charge >= 0.3 is 0 Å². The maximum absolute atomic E-state index is 11.3. The molecule has 0 aliphatic heterocycles. The van der Waals surface area contributed by atoms with E-state index < -0.39 is 8.46 Å². The summed E-state index contributed by atoms with van der Waals surface area (Å²) in [5.41, 5.74) is 1.85. The van der Waals surface area contributed by atoms with Gasteiger partial charge in [-0.25, -0.2) is 9.97 Å². The summed E-state index contributed by atoms with van der Waals surface area (Å²) in [4.78, 5) is 8.85. The van der Waals surface area contributed by atoms with Gasteiger partial charge in [0.2, 0.25) is 0 Å². The van der Waals surface area contributed by atoms with Gasteiger partial charge in [-0.3, -0.25) is 0 Å². The van der Waals surface area contributed by atoms with Crippen molar-refractivity contribution in [3.8, 4) is 23.3 Å². The van der Waals surface area contributed by atoms with Gasteiger partial charge in [0.1, 0.15) is 16.8 Å². The van der Waals surface area contributed by atoms with Gasteiger partial charge in [-0.2, -0.15) is 0 Å². The molecule has 8 heteroatoms. The van der Waals surface area contributed by atoms with E-state index in [4.69, 9.17) is 18.9 Å². The second-order valence-electron chi connectivity index (χ2n) is 4.53. The van der Waals surface area contributed by atoms with Crippen molar-refractivity contribution < 1.29 is 23.5 Å². The lowest BCUT2D eigenvalue weighted by Crippen LogP contribution is -2.05. The zero-order chi connectivity index (χ0) is 16.8. The fraction of sp³-hybridized carbons (Fsp3) is 0.467. The summed E-state index contributed by atoms with van der Waals surface area (Å²) in [5, 5.41) is 0. The van der Waals surface area contributed by atoms with E-state index in [0.29, 0.717) is 41.9 Å². The van der Waals surface area contributed by atoms with Crippen LogP contribution in [0.3, 0.4) is 0 Å². The molecular formula is C15H21N2O5P. The summed E-state index contributed by atoms with van der Waals surface area (Å²) in [5.74, 6) is 1.69. The molecule has 1 unspecified atom stereocenters. The third-order valence-electron chi connectivity index (χ3n) is 3.18. The minimum Gasteiger partial charge on any atom is -0.493 e. The first-order chi connectivity index (χ1) is 11.2. The van der Waals surface area contributed by atoms with Gasteiger partial charge < -0.3 is 23.5 Å². The largest absolute Gasteiger partial charge is 0.493 e. The fourth-order valence-corrected chi connectivity index (χ4v) is 2.83. The van der Waals surface area contributed by atoms with Crippen LogP contribution in [-0.2, 0) is 10.7 Å². The number of rotatable bonds is 8. The number of ether oxygens (including phenoxy) is 4. The van der Waals surface area contributed by atoms with E-state index in [0.717, 1.165) is 5.56 Å². The van der Waals surface area contributed by atoms with Crippen molar-refractivity contribution in [3.05, 3.63) is 11.6 Å². The molecule has 0 N–H and O–H groups in total. The Balaban J connectivity index is 2.80. The molecule has 0 fully saturated rings. The standard InChI is InChI=1S/C15H21N2O5P/c1-5-21-11-7-10-12(13(22-6-2)9(11)8-23-18)17-15(20-4)14(16-10)19-3/h7H,5-6,8,23H2,1-4H3. The Labute approximate surface area is 136 Å². The van der Waals surface area contributed by atoms with Gasteiger partial charge in [0.15, 0.2) is 5.75 Å². The average molecular weight is 340 g/mol. The predicted octanol–water partition coefficient (Wildman–Crippen LogP) is 2.70. The van der Waals surface area contributed by atoms with Gasteiger partial charge in [-0.05, 0) is 13.8 Å². The van der Waals surface area contributed by atoms with Crippen LogP contribution in [0.1, 0.15) is 19.4 Å². The van der Waals surface area contributed by atoms with Crippen LogP contribution in [0, 0.1) is 0 Å². The lowest BCUT2D eigenvalue weighted by atomic mass is 10.1. The average Bonchev–Trinajstić information content (AvgIpc) is 2.57. The third kappa shape index (κ3) is 3.50. The molecule has 23 heavy (non-hydrogen) atoms. The smallest absolute Gasteiger partial charge is 0.278 e. The number of fused-ring (bicyclic) bond motifs is 1. The lowest BCUT2D eigenvalue weighted by Gasteiger charge is -2.17.